The lowest BCUT2D eigenvalue weighted by molar-refractivity contribution is -0.449. The Morgan fingerprint density at radius 2 is 1.67 bits per heavy atom. The largest absolute Gasteiger partial charge is 0.388 e. The number of fused-ring (bicyclic) bond motifs is 1. The van der Waals surface area contributed by atoms with Crippen LogP contribution in [0.15, 0.2) is 0 Å². The minimum atomic E-state index is -1.48. The fourth-order valence-electron chi connectivity index (χ4n) is 2.92. The number of ether oxygens (including phenoxy) is 4. The Kier molecular flexibility index (Phi) is 3.97. The maximum Gasteiger partial charge on any atom is 0.195 e. The van der Waals surface area contributed by atoms with Gasteiger partial charge in [-0.05, 0) is 6.92 Å². The third kappa shape index (κ3) is 2.48. The summed E-state index contributed by atoms with van der Waals surface area (Å²) in [5.41, 5.74) is 0. The Balaban J connectivity index is 1.63. The van der Waals surface area contributed by atoms with E-state index in [1.165, 1.54) is 0 Å². The molecule has 3 heterocycles. The normalized spacial score (nSPS) is 57.4. The topological polar surface area (TPSA) is 138 Å². The first kappa shape index (κ1) is 15.5. The zero-order chi connectivity index (χ0) is 15.4. The summed E-state index contributed by atoms with van der Waals surface area (Å²) in [5.74, 6) is -1.23. The van der Waals surface area contributed by atoms with E-state index in [2.05, 4.69) is 0 Å². The Hall–Kier alpha value is -0.360. The molecule has 0 radical (unpaired) electrons. The van der Waals surface area contributed by atoms with E-state index >= 15 is 0 Å². The van der Waals surface area contributed by atoms with E-state index in [-0.39, 0.29) is 13.2 Å². The number of rotatable bonds is 2. The average Bonchev–Trinajstić information content (AvgIpc) is 2.43. The zero-order valence-electron chi connectivity index (χ0n) is 11.4. The van der Waals surface area contributed by atoms with Crippen LogP contribution < -0.4 is 0 Å². The second-order valence-electron chi connectivity index (χ2n) is 5.77. The van der Waals surface area contributed by atoms with Crippen LogP contribution in [0.2, 0.25) is 0 Å². The molecule has 122 valence electrons. The molecule has 9 nitrogen and oxygen atoms in total. The summed E-state index contributed by atoms with van der Waals surface area (Å²) in [4.78, 5) is 0. The molecular weight excluding hydrogens is 288 g/mol. The number of hydrogen-bond donors (Lipinski definition) is 5. The first-order valence-corrected chi connectivity index (χ1v) is 6.82. The standard InChI is InChI=1S/C12H20O9/c1-12(10-9(21-12)6(14)4(13)2-18-10)20-5-3-19-11(17)8(16)7(5)15/h4-11,13-17H,2-3H2,1H3. The molecule has 0 amide bonds. The number of aliphatic hydroxyl groups is 5. The lowest BCUT2D eigenvalue weighted by Crippen LogP contribution is -2.74. The fourth-order valence-corrected chi connectivity index (χ4v) is 2.92. The summed E-state index contributed by atoms with van der Waals surface area (Å²) in [6, 6.07) is 0. The van der Waals surface area contributed by atoms with Crippen molar-refractivity contribution in [2.45, 2.75) is 61.7 Å². The van der Waals surface area contributed by atoms with Crippen molar-refractivity contribution in [3.8, 4) is 0 Å². The maximum absolute atomic E-state index is 9.88. The number of hydrogen-bond acceptors (Lipinski definition) is 9. The van der Waals surface area contributed by atoms with E-state index in [1.54, 1.807) is 6.92 Å². The molecule has 3 saturated heterocycles. The van der Waals surface area contributed by atoms with Gasteiger partial charge in [-0.25, -0.2) is 0 Å². The molecule has 21 heavy (non-hydrogen) atoms. The molecule has 0 saturated carbocycles. The van der Waals surface area contributed by atoms with Crippen LogP contribution in [0, 0.1) is 0 Å². The quantitative estimate of drug-likeness (QED) is 0.354. The van der Waals surface area contributed by atoms with Gasteiger partial charge in [-0.3, -0.25) is 0 Å². The summed E-state index contributed by atoms with van der Waals surface area (Å²) < 4.78 is 21.4. The highest BCUT2D eigenvalue weighted by molar-refractivity contribution is 5.03. The van der Waals surface area contributed by atoms with Crippen molar-refractivity contribution < 1.29 is 44.5 Å². The van der Waals surface area contributed by atoms with Crippen molar-refractivity contribution in [2.75, 3.05) is 13.2 Å². The maximum atomic E-state index is 9.88. The van der Waals surface area contributed by atoms with Crippen LogP contribution in [0.5, 0.6) is 0 Å². The third-order valence-corrected chi connectivity index (χ3v) is 4.20. The van der Waals surface area contributed by atoms with Crippen LogP contribution in [0.25, 0.3) is 0 Å². The molecule has 0 aromatic rings. The number of aliphatic hydroxyl groups excluding tert-OH is 5. The Morgan fingerprint density at radius 1 is 0.952 bits per heavy atom. The lowest BCUT2D eigenvalue weighted by atomic mass is 9.88. The van der Waals surface area contributed by atoms with Gasteiger partial charge in [0.2, 0.25) is 0 Å². The van der Waals surface area contributed by atoms with Gasteiger partial charge in [-0.2, -0.15) is 0 Å². The molecule has 0 spiro atoms. The molecule has 9 heteroatoms. The van der Waals surface area contributed by atoms with Crippen molar-refractivity contribution in [3.63, 3.8) is 0 Å². The Morgan fingerprint density at radius 3 is 2.38 bits per heavy atom. The molecular formula is C12H20O9. The minimum absolute atomic E-state index is 0.0459. The van der Waals surface area contributed by atoms with Gasteiger partial charge in [0.1, 0.15) is 42.7 Å². The van der Waals surface area contributed by atoms with E-state index in [4.69, 9.17) is 18.9 Å². The minimum Gasteiger partial charge on any atom is -0.388 e. The van der Waals surface area contributed by atoms with Crippen molar-refractivity contribution in [1.82, 2.24) is 0 Å². The molecule has 0 aromatic carbocycles. The van der Waals surface area contributed by atoms with Crippen molar-refractivity contribution in [2.24, 2.45) is 0 Å². The van der Waals surface area contributed by atoms with E-state index in [1.807, 2.05) is 0 Å². The fraction of sp³-hybridized carbons (Fsp3) is 1.00. The van der Waals surface area contributed by atoms with Crippen molar-refractivity contribution in [1.29, 1.82) is 0 Å². The van der Waals surface area contributed by atoms with Gasteiger partial charge >= 0.3 is 0 Å². The van der Waals surface area contributed by atoms with Gasteiger partial charge in [0.25, 0.3) is 0 Å². The molecule has 5 N–H and O–H groups in total. The van der Waals surface area contributed by atoms with Gasteiger partial charge < -0.3 is 44.5 Å². The Bertz CT molecular complexity index is 393. The van der Waals surface area contributed by atoms with E-state index in [9.17, 15) is 25.5 Å². The highest BCUT2D eigenvalue weighted by Crippen LogP contribution is 2.42. The summed E-state index contributed by atoms with van der Waals surface area (Å²) >= 11 is 0. The van der Waals surface area contributed by atoms with Gasteiger partial charge in [0.05, 0.1) is 13.2 Å². The summed E-state index contributed by atoms with van der Waals surface area (Å²) in [7, 11) is 0. The van der Waals surface area contributed by atoms with Gasteiger partial charge in [0.15, 0.2) is 12.1 Å². The van der Waals surface area contributed by atoms with Crippen LogP contribution in [0.3, 0.4) is 0 Å². The van der Waals surface area contributed by atoms with Gasteiger partial charge in [0, 0.05) is 0 Å². The van der Waals surface area contributed by atoms with Crippen LogP contribution >= 0.6 is 0 Å². The van der Waals surface area contributed by atoms with Crippen LogP contribution in [-0.4, -0.2) is 93.6 Å². The van der Waals surface area contributed by atoms with E-state index in [0.29, 0.717) is 0 Å². The van der Waals surface area contributed by atoms with Gasteiger partial charge in [-0.1, -0.05) is 0 Å². The lowest BCUT2D eigenvalue weighted by Gasteiger charge is -2.57. The SMILES string of the molecule is CC1(OC2COC(O)C(O)C2O)OC2C(O)C(O)COC21. The van der Waals surface area contributed by atoms with Crippen LogP contribution in [0.1, 0.15) is 6.92 Å². The van der Waals surface area contributed by atoms with Crippen molar-refractivity contribution in [3.05, 3.63) is 0 Å². The molecule has 0 bridgehead atoms. The predicted octanol–water partition coefficient (Wildman–Crippen LogP) is -3.32. The monoisotopic (exact) mass is 308 g/mol. The molecule has 9 unspecified atom stereocenters. The molecule has 3 aliphatic heterocycles. The highest BCUT2D eigenvalue weighted by Gasteiger charge is 2.62. The smallest absolute Gasteiger partial charge is 0.195 e. The second-order valence-corrected chi connectivity index (χ2v) is 5.77. The third-order valence-electron chi connectivity index (χ3n) is 4.20. The van der Waals surface area contributed by atoms with Crippen molar-refractivity contribution >= 4 is 0 Å². The first-order chi connectivity index (χ1) is 9.83. The molecule has 3 aliphatic rings. The van der Waals surface area contributed by atoms with Gasteiger partial charge in [-0.15, -0.1) is 0 Å². The molecule has 0 aromatic heterocycles. The molecule has 9 atom stereocenters. The first-order valence-electron chi connectivity index (χ1n) is 6.82. The Labute approximate surface area is 120 Å². The zero-order valence-corrected chi connectivity index (χ0v) is 11.4. The highest BCUT2D eigenvalue weighted by atomic mass is 16.8. The molecule has 3 rings (SSSR count). The average molecular weight is 308 g/mol. The van der Waals surface area contributed by atoms with E-state index in [0.717, 1.165) is 0 Å². The predicted molar refractivity (Wildman–Crippen MR) is 63.9 cm³/mol. The summed E-state index contributed by atoms with van der Waals surface area (Å²) in [6.45, 7) is 1.40. The summed E-state index contributed by atoms with van der Waals surface area (Å²) in [5, 5.41) is 48.0. The summed E-state index contributed by atoms with van der Waals surface area (Å²) in [6.07, 6.45) is -8.61. The van der Waals surface area contributed by atoms with Crippen LogP contribution in [-0.2, 0) is 18.9 Å². The second kappa shape index (κ2) is 5.37. The molecule has 3 fully saturated rings. The molecule has 0 aliphatic carbocycles. The van der Waals surface area contributed by atoms with E-state index < -0.39 is 54.8 Å². The van der Waals surface area contributed by atoms with Crippen LogP contribution in [0.4, 0.5) is 0 Å².